The summed E-state index contributed by atoms with van der Waals surface area (Å²) in [6, 6.07) is 12.4. The van der Waals surface area contributed by atoms with E-state index in [1.807, 2.05) is 0 Å². The molecule has 9 nitrogen and oxygen atoms in total. The Bertz CT molecular complexity index is 1200. The zero-order valence-electron chi connectivity index (χ0n) is 17.3. The van der Waals surface area contributed by atoms with E-state index in [1.54, 1.807) is 37.3 Å². The fourth-order valence-electron chi connectivity index (χ4n) is 2.76. The summed E-state index contributed by atoms with van der Waals surface area (Å²) < 4.78 is 11.4. The molecule has 0 aliphatic carbocycles. The summed E-state index contributed by atoms with van der Waals surface area (Å²) in [4.78, 5) is 26.5. The lowest BCUT2D eigenvalue weighted by Crippen LogP contribution is -2.18. The van der Waals surface area contributed by atoms with Crippen molar-refractivity contribution in [3.63, 3.8) is 0 Å². The normalized spacial score (nSPS) is 10.8. The molecule has 3 rings (SSSR count). The van der Waals surface area contributed by atoms with Crippen molar-refractivity contribution < 1.29 is 19.2 Å². The minimum Gasteiger partial charge on any atom is -0.490 e. The van der Waals surface area contributed by atoms with Crippen LogP contribution < -0.4 is 14.9 Å². The Morgan fingerprint density at radius 2 is 2.03 bits per heavy atom. The average molecular weight is 489 g/mol. The number of nitro benzene ring substituents is 1. The highest BCUT2D eigenvalue weighted by molar-refractivity contribution is 6.33. The van der Waals surface area contributed by atoms with Gasteiger partial charge in [0.05, 0.1) is 28.3 Å². The average Bonchev–Trinajstić information content (AvgIpc) is 2.79. The van der Waals surface area contributed by atoms with Gasteiger partial charge in [0.2, 0.25) is 0 Å². The van der Waals surface area contributed by atoms with Crippen LogP contribution in [0, 0.1) is 10.1 Å². The number of nitrogens with one attached hydrogen (secondary N) is 1. The highest BCUT2D eigenvalue weighted by atomic mass is 35.5. The Morgan fingerprint density at radius 1 is 1.21 bits per heavy atom. The van der Waals surface area contributed by atoms with Crippen LogP contribution in [0.1, 0.15) is 28.4 Å². The van der Waals surface area contributed by atoms with Gasteiger partial charge in [0, 0.05) is 18.3 Å². The van der Waals surface area contributed by atoms with Crippen LogP contribution in [0.5, 0.6) is 11.5 Å². The quantitative estimate of drug-likeness (QED) is 0.195. The maximum absolute atomic E-state index is 12.2. The number of nitro groups is 1. The van der Waals surface area contributed by atoms with Crippen molar-refractivity contribution in [2.45, 2.75) is 13.5 Å². The van der Waals surface area contributed by atoms with Gasteiger partial charge in [-0.2, -0.15) is 5.10 Å². The standard InChI is InChI=1S/C22H18Cl2N4O5/c1-2-32-19-11-15(12-26-27-22(29)17-7-4-8-25-21(17)24)10-18(23)20(19)33-13-14-5-3-6-16(9-14)28(30)31/h3-12H,2,13H2,1H3,(H,27,29). The second kappa shape index (κ2) is 11.3. The SMILES string of the molecule is CCOc1cc(C=NNC(=O)c2cccnc2Cl)cc(Cl)c1OCc1cccc([N+](=O)[O-])c1. The first kappa shape index (κ1) is 24.0. The number of nitrogens with zero attached hydrogens (tertiary/aromatic N) is 3. The highest BCUT2D eigenvalue weighted by Crippen LogP contribution is 2.37. The van der Waals surface area contributed by atoms with Crippen LogP contribution in [0.25, 0.3) is 0 Å². The third kappa shape index (κ3) is 6.41. The lowest BCUT2D eigenvalue weighted by atomic mass is 10.2. The molecule has 0 saturated heterocycles. The molecule has 1 heterocycles. The first-order valence-electron chi connectivity index (χ1n) is 9.65. The summed E-state index contributed by atoms with van der Waals surface area (Å²) >= 11 is 12.3. The number of hydrogen-bond donors (Lipinski definition) is 1. The van der Waals surface area contributed by atoms with E-state index in [4.69, 9.17) is 32.7 Å². The number of ether oxygens (including phenoxy) is 2. The molecule has 1 aromatic heterocycles. The van der Waals surface area contributed by atoms with E-state index in [0.29, 0.717) is 23.5 Å². The van der Waals surface area contributed by atoms with Crippen molar-refractivity contribution in [1.82, 2.24) is 10.4 Å². The van der Waals surface area contributed by atoms with E-state index >= 15 is 0 Å². The van der Waals surface area contributed by atoms with Crippen molar-refractivity contribution >= 4 is 41.0 Å². The van der Waals surface area contributed by atoms with Crippen molar-refractivity contribution in [3.8, 4) is 11.5 Å². The molecule has 33 heavy (non-hydrogen) atoms. The Hall–Kier alpha value is -3.69. The van der Waals surface area contributed by atoms with Gasteiger partial charge in [0.1, 0.15) is 11.8 Å². The minimum atomic E-state index is -0.516. The van der Waals surface area contributed by atoms with Gasteiger partial charge in [-0.05, 0) is 42.3 Å². The van der Waals surface area contributed by atoms with Crippen molar-refractivity contribution in [1.29, 1.82) is 0 Å². The number of non-ortho nitro benzene ring substituents is 1. The molecule has 0 spiro atoms. The number of rotatable bonds is 9. The van der Waals surface area contributed by atoms with E-state index in [2.05, 4.69) is 15.5 Å². The van der Waals surface area contributed by atoms with Crippen LogP contribution in [0.4, 0.5) is 5.69 Å². The molecule has 11 heteroatoms. The molecule has 170 valence electrons. The number of amides is 1. The molecule has 3 aromatic rings. The first-order valence-corrected chi connectivity index (χ1v) is 10.4. The predicted octanol–water partition coefficient (Wildman–Crippen LogP) is 5.04. The number of hydrazone groups is 1. The molecule has 0 aliphatic heterocycles. The van der Waals surface area contributed by atoms with Gasteiger partial charge in [-0.1, -0.05) is 35.3 Å². The summed E-state index contributed by atoms with van der Waals surface area (Å²) in [6.07, 6.45) is 2.86. The summed E-state index contributed by atoms with van der Waals surface area (Å²) in [5, 5.41) is 15.2. The number of hydrogen-bond acceptors (Lipinski definition) is 7. The fraction of sp³-hybridized carbons (Fsp3) is 0.136. The van der Waals surface area contributed by atoms with E-state index in [9.17, 15) is 14.9 Å². The molecule has 1 amide bonds. The summed E-state index contributed by atoms with van der Waals surface area (Å²) in [5.41, 5.74) is 3.67. The fourth-order valence-corrected chi connectivity index (χ4v) is 3.24. The Morgan fingerprint density at radius 3 is 2.76 bits per heavy atom. The van der Waals surface area contributed by atoms with Crippen molar-refractivity contribution in [3.05, 3.63) is 91.7 Å². The second-order valence-corrected chi connectivity index (χ2v) is 7.28. The minimum absolute atomic E-state index is 0.0339. The van der Waals surface area contributed by atoms with E-state index in [1.165, 1.54) is 30.6 Å². The van der Waals surface area contributed by atoms with Crippen molar-refractivity contribution in [2.75, 3.05) is 6.61 Å². The Balaban J connectivity index is 1.74. The Labute approximate surface area is 199 Å². The smallest absolute Gasteiger partial charge is 0.274 e. The largest absolute Gasteiger partial charge is 0.490 e. The number of carbonyl (C=O) groups excluding carboxylic acids is 1. The Kier molecular flexibility index (Phi) is 8.17. The summed E-state index contributed by atoms with van der Waals surface area (Å²) in [7, 11) is 0. The van der Waals surface area contributed by atoms with Crippen LogP contribution in [-0.2, 0) is 6.61 Å². The lowest BCUT2D eigenvalue weighted by Gasteiger charge is -2.14. The van der Waals surface area contributed by atoms with Gasteiger partial charge in [-0.15, -0.1) is 0 Å². The second-order valence-electron chi connectivity index (χ2n) is 6.52. The number of halogens is 2. The molecule has 0 saturated carbocycles. The number of carbonyl (C=O) groups is 1. The molecule has 1 N–H and O–H groups in total. The molecule has 0 radical (unpaired) electrons. The van der Waals surface area contributed by atoms with Gasteiger partial charge in [-0.25, -0.2) is 10.4 Å². The molecule has 0 aliphatic rings. The van der Waals surface area contributed by atoms with Gasteiger partial charge in [0.15, 0.2) is 11.5 Å². The monoisotopic (exact) mass is 488 g/mol. The molecule has 2 aromatic carbocycles. The number of benzene rings is 2. The topological polar surface area (TPSA) is 116 Å². The zero-order valence-corrected chi connectivity index (χ0v) is 18.8. The molecule has 0 bridgehead atoms. The molecular formula is C22H18Cl2N4O5. The third-order valence-corrected chi connectivity index (χ3v) is 4.80. The first-order chi connectivity index (χ1) is 15.9. The molecule has 0 atom stereocenters. The molecule has 0 unspecified atom stereocenters. The van der Waals surface area contributed by atoms with Crippen LogP contribution in [0.2, 0.25) is 10.2 Å². The van der Waals surface area contributed by atoms with E-state index < -0.39 is 10.8 Å². The summed E-state index contributed by atoms with van der Waals surface area (Å²) in [5.74, 6) is 0.129. The maximum Gasteiger partial charge on any atom is 0.274 e. The lowest BCUT2D eigenvalue weighted by molar-refractivity contribution is -0.384. The molecular weight excluding hydrogens is 471 g/mol. The van der Waals surface area contributed by atoms with Gasteiger partial charge in [-0.3, -0.25) is 14.9 Å². The number of pyridine rings is 1. The predicted molar refractivity (Wildman–Crippen MR) is 124 cm³/mol. The van der Waals surface area contributed by atoms with Crippen LogP contribution >= 0.6 is 23.2 Å². The van der Waals surface area contributed by atoms with E-state index in [-0.39, 0.29) is 33.8 Å². The van der Waals surface area contributed by atoms with Gasteiger partial charge < -0.3 is 9.47 Å². The van der Waals surface area contributed by atoms with Gasteiger partial charge >= 0.3 is 0 Å². The van der Waals surface area contributed by atoms with Crippen LogP contribution in [0.15, 0.2) is 59.8 Å². The third-order valence-electron chi connectivity index (χ3n) is 4.22. The molecule has 0 fully saturated rings. The van der Waals surface area contributed by atoms with E-state index in [0.717, 1.165) is 0 Å². The highest BCUT2D eigenvalue weighted by Gasteiger charge is 2.14. The van der Waals surface area contributed by atoms with Crippen molar-refractivity contribution in [2.24, 2.45) is 5.10 Å². The zero-order chi connectivity index (χ0) is 23.8. The van der Waals surface area contributed by atoms with Gasteiger partial charge in [0.25, 0.3) is 11.6 Å². The van der Waals surface area contributed by atoms with Crippen LogP contribution in [0.3, 0.4) is 0 Å². The summed E-state index contributed by atoms with van der Waals surface area (Å²) in [6.45, 7) is 2.20. The van der Waals surface area contributed by atoms with Crippen LogP contribution in [-0.4, -0.2) is 28.6 Å². The number of aromatic nitrogens is 1. The maximum atomic E-state index is 12.2.